The van der Waals surface area contributed by atoms with Gasteiger partial charge in [-0.3, -0.25) is 4.79 Å². The zero-order valence-electron chi connectivity index (χ0n) is 13.2. The fourth-order valence-electron chi connectivity index (χ4n) is 2.85. The number of thioether (sulfide) groups is 1. The largest absolute Gasteiger partial charge is 0.497 e. The molecule has 6 heteroatoms. The maximum Gasteiger partial charge on any atom is 0.235 e. The Hall–Kier alpha value is -1.95. The predicted molar refractivity (Wildman–Crippen MR) is 92.1 cm³/mol. The number of aromatic nitrogens is 2. The van der Waals surface area contributed by atoms with E-state index in [1.54, 1.807) is 13.3 Å². The highest BCUT2D eigenvalue weighted by molar-refractivity contribution is 8.00. The van der Waals surface area contributed by atoms with Gasteiger partial charge in [0.05, 0.1) is 25.1 Å². The van der Waals surface area contributed by atoms with Crippen molar-refractivity contribution in [2.45, 2.75) is 36.6 Å². The van der Waals surface area contributed by atoms with Crippen LogP contribution < -0.4 is 10.1 Å². The molecule has 1 aromatic heterocycles. The van der Waals surface area contributed by atoms with Crippen LogP contribution in [0, 0.1) is 0 Å². The van der Waals surface area contributed by atoms with Gasteiger partial charge in [-0.25, -0.2) is 4.68 Å². The summed E-state index contributed by atoms with van der Waals surface area (Å²) < 4.78 is 7.09. The van der Waals surface area contributed by atoms with Gasteiger partial charge in [-0.05, 0) is 37.1 Å². The molecule has 5 nitrogen and oxygen atoms in total. The van der Waals surface area contributed by atoms with E-state index in [0.717, 1.165) is 29.3 Å². The molecule has 0 saturated heterocycles. The number of amides is 1. The Balaban J connectivity index is 1.54. The van der Waals surface area contributed by atoms with E-state index in [-0.39, 0.29) is 5.91 Å². The quantitative estimate of drug-likeness (QED) is 0.819. The highest BCUT2D eigenvalue weighted by Gasteiger charge is 2.20. The third-order valence-corrected chi connectivity index (χ3v) is 5.05. The summed E-state index contributed by atoms with van der Waals surface area (Å²) in [4.78, 5) is 13.2. The van der Waals surface area contributed by atoms with Gasteiger partial charge in [-0.2, -0.15) is 5.10 Å². The molecule has 0 spiro atoms. The van der Waals surface area contributed by atoms with Crippen LogP contribution in [0.25, 0.3) is 0 Å². The lowest BCUT2D eigenvalue weighted by molar-refractivity contribution is -0.113. The normalized spacial score (nSPS) is 14.8. The van der Waals surface area contributed by atoms with Crippen molar-refractivity contribution in [3.63, 3.8) is 0 Å². The molecule has 1 fully saturated rings. The molecule has 23 heavy (non-hydrogen) atoms. The number of rotatable bonds is 6. The Bertz CT molecular complexity index is 648. The molecule has 1 N–H and O–H groups in total. The van der Waals surface area contributed by atoms with E-state index in [9.17, 15) is 4.79 Å². The van der Waals surface area contributed by atoms with Gasteiger partial charge >= 0.3 is 0 Å². The Morgan fingerprint density at radius 1 is 1.30 bits per heavy atom. The smallest absolute Gasteiger partial charge is 0.235 e. The number of hydrogen-bond acceptors (Lipinski definition) is 4. The van der Waals surface area contributed by atoms with Crippen LogP contribution in [0.15, 0.2) is 41.4 Å². The summed E-state index contributed by atoms with van der Waals surface area (Å²) in [6.07, 6.45) is 6.53. The van der Waals surface area contributed by atoms with Gasteiger partial charge in [0.25, 0.3) is 0 Å². The van der Waals surface area contributed by atoms with Gasteiger partial charge < -0.3 is 10.1 Å². The third-order valence-electron chi connectivity index (χ3n) is 4.04. The van der Waals surface area contributed by atoms with Crippen LogP contribution in [-0.4, -0.2) is 28.6 Å². The standard InChI is InChI=1S/C17H21N3O2S/c1-22-14-6-8-15(9-7-14)23-12-17(21)19-16-10-11-18-20(16)13-4-2-3-5-13/h6-11,13H,2-5,12H2,1H3,(H,19,21). The number of methoxy groups -OCH3 is 1. The van der Waals surface area contributed by atoms with Crippen molar-refractivity contribution >= 4 is 23.5 Å². The summed E-state index contributed by atoms with van der Waals surface area (Å²) in [6.45, 7) is 0. The molecule has 1 amide bonds. The Morgan fingerprint density at radius 3 is 2.74 bits per heavy atom. The minimum Gasteiger partial charge on any atom is -0.497 e. The average Bonchev–Trinajstić information content (AvgIpc) is 3.24. The average molecular weight is 331 g/mol. The molecule has 0 atom stereocenters. The SMILES string of the molecule is COc1ccc(SCC(=O)Nc2ccnn2C2CCCC2)cc1. The lowest BCUT2D eigenvalue weighted by Crippen LogP contribution is -2.19. The van der Waals surface area contributed by atoms with Crippen molar-refractivity contribution in [2.75, 3.05) is 18.2 Å². The first-order valence-corrected chi connectivity index (χ1v) is 8.85. The van der Waals surface area contributed by atoms with E-state index in [2.05, 4.69) is 10.4 Å². The predicted octanol–water partition coefficient (Wildman–Crippen LogP) is 3.74. The van der Waals surface area contributed by atoms with E-state index in [4.69, 9.17) is 4.74 Å². The molecule has 1 aliphatic carbocycles. The Labute approximate surface area is 140 Å². The number of anilines is 1. The first-order valence-electron chi connectivity index (χ1n) is 7.86. The molecular formula is C17H21N3O2S. The molecule has 2 aromatic rings. The summed E-state index contributed by atoms with van der Waals surface area (Å²) >= 11 is 1.51. The topological polar surface area (TPSA) is 56.1 Å². The highest BCUT2D eigenvalue weighted by Crippen LogP contribution is 2.31. The lowest BCUT2D eigenvalue weighted by Gasteiger charge is -2.14. The van der Waals surface area contributed by atoms with Crippen molar-refractivity contribution in [1.82, 2.24) is 9.78 Å². The summed E-state index contributed by atoms with van der Waals surface area (Å²) in [6, 6.07) is 10.0. The van der Waals surface area contributed by atoms with Crippen LogP contribution in [0.2, 0.25) is 0 Å². The Morgan fingerprint density at radius 2 is 2.04 bits per heavy atom. The summed E-state index contributed by atoms with van der Waals surface area (Å²) in [7, 11) is 1.64. The molecule has 1 saturated carbocycles. The molecule has 0 aliphatic heterocycles. The zero-order valence-corrected chi connectivity index (χ0v) is 14.0. The lowest BCUT2D eigenvalue weighted by atomic mass is 10.2. The number of hydrogen-bond donors (Lipinski definition) is 1. The van der Waals surface area contributed by atoms with Crippen molar-refractivity contribution < 1.29 is 9.53 Å². The minimum absolute atomic E-state index is 0.00874. The van der Waals surface area contributed by atoms with Crippen molar-refractivity contribution in [3.05, 3.63) is 36.5 Å². The van der Waals surface area contributed by atoms with E-state index in [1.807, 2.05) is 35.0 Å². The van der Waals surface area contributed by atoms with Crippen molar-refractivity contribution in [3.8, 4) is 5.75 Å². The van der Waals surface area contributed by atoms with Crippen LogP contribution in [0.4, 0.5) is 5.82 Å². The fourth-order valence-corrected chi connectivity index (χ4v) is 3.55. The van der Waals surface area contributed by atoms with Crippen molar-refractivity contribution in [1.29, 1.82) is 0 Å². The second-order valence-corrected chi connectivity index (χ2v) is 6.66. The van der Waals surface area contributed by atoms with Gasteiger partial charge in [-0.1, -0.05) is 12.8 Å². The van der Waals surface area contributed by atoms with Crippen LogP contribution in [-0.2, 0) is 4.79 Å². The molecule has 1 aliphatic rings. The first kappa shape index (κ1) is 15.9. The number of ether oxygens (including phenoxy) is 1. The summed E-state index contributed by atoms with van der Waals surface area (Å²) in [5, 5.41) is 7.35. The maximum absolute atomic E-state index is 12.2. The second kappa shape index (κ2) is 7.55. The van der Waals surface area contributed by atoms with E-state index < -0.39 is 0 Å². The number of nitrogens with zero attached hydrogens (tertiary/aromatic N) is 2. The number of benzene rings is 1. The van der Waals surface area contributed by atoms with Gasteiger partial charge in [-0.15, -0.1) is 11.8 Å². The molecule has 122 valence electrons. The zero-order chi connectivity index (χ0) is 16.1. The number of carbonyl (C=O) groups is 1. The van der Waals surface area contributed by atoms with Crippen LogP contribution >= 0.6 is 11.8 Å². The Kier molecular flexibility index (Phi) is 5.23. The van der Waals surface area contributed by atoms with Crippen LogP contribution in [0.5, 0.6) is 5.75 Å². The number of nitrogens with one attached hydrogen (secondary N) is 1. The van der Waals surface area contributed by atoms with Crippen LogP contribution in [0.3, 0.4) is 0 Å². The van der Waals surface area contributed by atoms with E-state index in [0.29, 0.717) is 11.8 Å². The second-order valence-electron chi connectivity index (χ2n) is 5.61. The van der Waals surface area contributed by atoms with Gasteiger partial charge in [0.15, 0.2) is 0 Å². The van der Waals surface area contributed by atoms with Gasteiger partial charge in [0.1, 0.15) is 11.6 Å². The van der Waals surface area contributed by atoms with Gasteiger partial charge in [0, 0.05) is 11.0 Å². The third kappa shape index (κ3) is 4.07. The van der Waals surface area contributed by atoms with Crippen molar-refractivity contribution in [2.24, 2.45) is 0 Å². The monoisotopic (exact) mass is 331 g/mol. The molecule has 0 radical (unpaired) electrons. The molecule has 0 bridgehead atoms. The molecule has 1 aromatic carbocycles. The maximum atomic E-state index is 12.2. The fraction of sp³-hybridized carbons (Fsp3) is 0.412. The van der Waals surface area contributed by atoms with Gasteiger partial charge in [0.2, 0.25) is 5.91 Å². The summed E-state index contributed by atoms with van der Waals surface area (Å²) in [5.41, 5.74) is 0. The van der Waals surface area contributed by atoms with Crippen LogP contribution in [0.1, 0.15) is 31.7 Å². The molecular weight excluding hydrogens is 310 g/mol. The minimum atomic E-state index is -0.00874. The van der Waals surface area contributed by atoms with E-state index in [1.165, 1.54) is 24.6 Å². The first-order chi connectivity index (χ1) is 11.3. The molecule has 3 rings (SSSR count). The summed E-state index contributed by atoms with van der Waals surface area (Å²) in [5.74, 6) is 1.99. The molecule has 1 heterocycles. The van der Waals surface area contributed by atoms with E-state index >= 15 is 0 Å². The number of carbonyl (C=O) groups excluding carboxylic acids is 1. The highest BCUT2D eigenvalue weighted by atomic mass is 32.2. The molecule has 0 unspecified atom stereocenters.